The number of hydrogen-bond donors (Lipinski definition) is 1. The molecule has 0 saturated carbocycles. The Bertz CT molecular complexity index is 923. The first-order valence-electron chi connectivity index (χ1n) is 9.43. The van der Waals surface area contributed by atoms with E-state index >= 15 is 0 Å². The number of thiazole rings is 1. The third-order valence-electron chi connectivity index (χ3n) is 4.55. The Balaban J connectivity index is 1.31. The van der Waals surface area contributed by atoms with Crippen LogP contribution in [-0.2, 0) is 16.1 Å². The van der Waals surface area contributed by atoms with E-state index in [1.807, 2.05) is 36.4 Å². The molecule has 1 saturated heterocycles. The Morgan fingerprint density at radius 1 is 1.18 bits per heavy atom. The number of nitrogens with zero attached hydrogens (tertiary/aromatic N) is 2. The van der Waals surface area contributed by atoms with E-state index in [9.17, 15) is 4.79 Å². The van der Waals surface area contributed by atoms with Gasteiger partial charge in [0.15, 0.2) is 5.13 Å². The Morgan fingerprint density at radius 3 is 2.82 bits per heavy atom. The fraction of sp³-hybridized carbons (Fsp3) is 0.333. The predicted octanol–water partition coefficient (Wildman–Crippen LogP) is 3.54. The standard InChI is InChI=1S/C21H23N3O3S/c25-20(8-11-27-17-4-2-1-3-5-17)23-21-22-18-7-6-16(14-19(18)28-21)15-24-9-12-26-13-10-24/h1-7,14H,8-13,15H2,(H,22,23,25). The third-order valence-corrected chi connectivity index (χ3v) is 5.48. The number of fused-ring (bicyclic) bond motifs is 1. The van der Waals surface area contributed by atoms with Crippen molar-refractivity contribution in [3.63, 3.8) is 0 Å². The number of amides is 1. The Kier molecular flexibility index (Phi) is 6.16. The molecule has 2 aromatic carbocycles. The summed E-state index contributed by atoms with van der Waals surface area (Å²) in [4.78, 5) is 19.1. The summed E-state index contributed by atoms with van der Waals surface area (Å²) < 4.78 is 12.1. The number of aromatic nitrogens is 1. The molecule has 7 heteroatoms. The molecule has 0 radical (unpaired) electrons. The van der Waals surface area contributed by atoms with E-state index in [1.54, 1.807) is 0 Å². The van der Waals surface area contributed by atoms with E-state index in [2.05, 4.69) is 27.3 Å². The van der Waals surface area contributed by atoms with Gasteiger partial charge in [0, 0.05) is 19.6 Å². The zero-order valence-corrected chi connectivity index (χ0v) is 16.4. The van der Waals surface area contributed by atoms with Gasteiger partial charge < -0.3 is 14.8 Å². The lowest BCUT2D eigenvalue weighted by atomic mass is 10.2. The summed E-state index contributed by atoms with van der Waals surface area (Å²) in [7, 11) is 0. The van der Waals surface area contributed by atoms with Crippen molar-refractivity contribution in [1.29, 1.82) is 0 Å². The molecule has 3 aromatic rings. The SMILES string of the molecule is O=C(CCOc1ccccc1)Nc1nc2ccc(CN3CCOCC3)cc2s1. The number of anilines is 1. The summed E-state index contributed by atoms with van der Waals surface area (Å²) in [6, 6.07) is 15.8. The largest absolute Gasteiger partial charge is 0.493 e. The zero-order chi connectivity index (χ0) is 19.2. The van der Waals surface area contributed by atoms with Crippen LogP contribution in [0.3, 0.4) is 0 Å². The minimum absolute atomic E-state index is 0.0940. The van der Waals surface area contributed by atoms with E-state index in [4.69, 9.17) is 9.47 Å². The van der Waals surface area contributed by atoms with Gasteiger partial charge in [-0.1, -0.05) is 35.6 Å². The highest BCUT2D eigenvalue weighted by molar-refractivity contribution is 7.22. The molecular formula is C21H23N3O3S. The molecule has 1 fully saturated rings. The maximum absolute atomic E-state index is 12.2. The fourth-order valence-corrected chi connectivity index (χ4v) is 4.04. The van der Waals surface area contributed by atoms with Crippen LogP contribution in [0.15, 0.2) is 48.5 Å². The first-order chi connectivity index (χ1) is 13.8. The van der Waals surface area contributed by atoms with Crippen molar-refractivity contribution >= 4 is 32.6 Å². The number of rotatable bonds is 7. The molecule has 0 aliphatic carbocycles. The predicted molar refractivity (Wildman–Crippen MR) is 111 cm³/mol. The van der Waals surface area contributed by atoms with Gasteiger partial charge in [-0.15, -0.1) is 0 Å². The first kappa shape index (κ1) is 18.9. The number of carbonyl (C=O) groups is 1. The summed E-state index contributed by atoms with van der Waals surface area (Å²) >= 11 is 1.50. The molecule has 0 atom stereocenters. The van der Waals surface area contributed by atoms with Crippen LogP contribution in [0.1, 0.15) is 12.0 Å². The topological polar surface area (TPSA) is 63.7 Å². The lowest BCUT2D eigenvalue weighted by molar-refractivity contribution is -0.116. The molecule has 0 unspecified atom stereocenters. The lowest BCUT2D eigenvalue weighted by Crippen LogP contribution is -2.35. The minimum atomic E-state index is -0.0940. The van der Waals surface area contributed by atoms with Crippen molar-refractivity contribution in [3.05, 3.63) is 54.1 Å². The second-order valence-electron chi connectivity index (χ2n) is 6.67. The van der Waals surface area contributed by atoms with Gasteiger partial charge in [-0.25, -0.2) is 4.98 Å². The van der Waals surface area contributed by atoms with Crippen molar-refractivity contribution in [2.75, 3.05) is 38.2 Å². The fourth-order valence-electron chi connectivity index (χ4n) is 3.10. The second-order valence-corrected chi connectivity index (χ2v) is 7.70. The van der Waals surface area contributed by atoms with Crippen LogP contribution in [0.4, 0.5) is 5.13 Å². The van der Waals surface area contributed by atoms with E-state index in [1.165, 1.54) is 16.9 Å². The van der Waals surface area contributed by atoms with Gasteiger partial charge in [0.05, 0.1) is 36.5 Å². The Hall–Kier alpha value is -2.48. The number of carbonyl (C=O) groups excluding carboxylic acids is 1. The minimum Gasteiger partial charge on any atom is -0.493 e. The van der Waals surface area contributed by atoms with Gasteiger partial charge in [0.1, 0.15) is 5.75 Å². The summed E-state index contributed by atoms with van der Waals surface area (Å²) in [6.45, 7) is 4.78. The highest BCUT2D eigenvalue weighted by Crippen LogP contribution is 2.27. The average Bonchev–Trinajstić information content (AvgIpc) is 3.11. The molecule has 1 amide bonds. The highest BCUT2D eigenvalue weighted by Gasteiger charge is 2.12. The molecule has 1 aliphatic heterocycles. The quantitative estimate of drug-likeness (QED) is 0.661. The van der Waals surface area contributed by atoms with E-state index in [0.29, 0.717) is 11.7 Å². The van der Waals surface area contributed by atoms with Crippen molar-refractivity contribution < 1.29 is 14.3 Å². The first-order valence-corrected chi connectivity index (χ1v) is 10.3. The number of para-hydroxylation sites is 1. The monoisotopic (exact) mass is 397 g/mol. The smallest absolute Gasteiger partial charge is 0.229 e. The van der Waals surface area contributed by atoms with Crippen molar-refractivity contribution in [3.8, 4) is 5.75 Å². The maximum atomic E-state index is 12.2. The van der Waals surface area contributed by atoms with E-state index in [0.717, 1.165) is 48.8 Å². The van der Waals surface area contributed by atoms with Gasteiger partial charge in [0.25, 0.3) is 0 Å². The van der Waals surface area contributed by atoms with Gasteiger partial charge in [0.2, 0.25) is 5.91 Å². The summed E-state index contributed by atoms with van der Waals surface area (Å²) in [5, 5.41) is 3.51. The van der Waals surface area contributed by atoms with Crippen LogP contribution in [0.25, 0.3) is 10.2 Å². The maximum Gasteiger partial charge on any atom is 0.229 e. The molecular weight excluding hydrogens is 374 g/mol. The molecule has 0 spiro atoms. The van der Waals surface area contributed by atoms with Gasteiger partial charge in [-0.3, -0.25) is 9.69 Å². The number of nitrogens with one attached hydrogen (secondary N) is 1. The molecule has 146 valence electrons. The van der Waals surface area contributed by atoms with Crippen molar-refractivity contribution in [1.82, 2.24) is 9.88 Å². The normalized spacial score (nSPS) is 14.9. The third kappa shape index (κ3) is 5.07. The zero-order valence-electron chi connectivity index (χ0n) is 15.6. The average molecular weight is 398 g/mol. The van der Waals surface area contributed by atoms with Crippen molar-refractivity contribution in [2.24, 2.45) is 0 Å². The van der Waals surface area contributed by atoms with E-state index < -0.39 is 0 Å². The Morgan fingerprint density at radius 2 is 2.00 bits per heavy atom. The van der Waals surface area contributed by atoms with E-state index in [-0.39, 0.29) is 12.3 Å². The molecule has 2 heterocycles. The van der Waals surface area contributed by atoms with Gasteiger partial charge in [-0.05, 0) is 29.8 Å². The number of ether oxygens (including phenoxy) is 2. The molecule has 4 rings (SSSR count). The van der Waals surface area contributed by atoms with Crippen LogP contribution >= 0.6 is 11.3 Å². The molecule has 1 aliphatic rings. The van der Waals surface area contributed by atoms with Gasteiger partial charge >= 0.3 is 0 Å². The highest BCUT2D eigenvalue weighted by atomic mass is 32.1. The van der Waals surface area contributed by atoms with Gasteiger partial charge in [-0.2, -0.15) is 0 Å². The van der Waals surface area contributed by atoms with Crippen LogP contribution in [0, 0.1) is 0 Å². The number of morpholine rings is 1. The summed E-state index contributed by atoms with van der Waals surface area (Å²) in [5.74, 6) is 0.673. The Labute approximate surface area is 168 Å². The number of hydrogen-bond acceptors (Lipinski definition) is 6. The van der Waals surface area contributed by atoms with Crippen LogP contribution in [0.5, 0.6) is 5.75 Å². The summed E-state index contributed by atoms with van der Waals surface area (Å²) in [5.41, 5.74) is 2.17. The van der Waals surface area contributed by atoms with Crippen molar-refractivity contribution in [2.45, 2.75) is 13.0 Å². The van der Waals surface area contributed by atoms with Crippen LogP contribution < -0.4 is 10.1 Å². The lowest BCUT2D eigenvalue weighted by Gasteiger charge is -2.26. The molecule has 6 nitrogen and oxygen atoms in total. The van der Waals surface area contributed by atoms with Crippen LogP contribution in [0.2, 0.25) is 0 Å². The summed E-state index contributed by atoms with van der Waals surface area (Å²) in [6.07, 6.45) is 0.285. The molecule has 28 heavy (non-hydrogen) atoms. The molecule has 0 bridgehead atoms. The second kappa shape index (κ2) is 9.14. The number of benzene rings is 2. The molecule has 1 aromatic heterocycles. The van der Waals surface area contributed by atoms with Crippen LogP contribution in [-0.4, -0.2) is 48.7 Å². The molecule has 1 N–H and O–H groups in total.